The Labute approximate surface area is 131 Å². The molecule has 6 heteroatoms. The Balaban J connectivity index is 2.69. The van der Waals surface area contributed by atoms with Crippen molar-refractivity contribution >= 4 is 34.5 Å². The first-order valence-corrected chi connectivity index (χ1v) is 7.42. The van der Waals surface area contributed by atoms with Gasteiger partial charge in [-0.1, -0.05) is 13.3 Å². The minimum Gasteiger partial charge on any atom is -0.497 e. The number of methoxy groups -OCH3 is 1. The highest BCUT2D eigenvalue weighted by Gasteiger charge is 2.18. The van der Waals surface area contributed by atoms with Crippen molar-refractivity contribution in [3.05, 3.63) is 27.3 Å². The lowest BCUT2D eigenvalue weighted by molar-refractivity contribution is -0.141. The Morgan fingerprint density at radius 3 is 2.65 bits per heavy atom. The summed E-state index contributed by atoms with van der Waals surface area (Å²) in [5.74, 6) is -1.00. The van der Waals surface area contributed by atoms with Crippen LogP contribution in [0.4, 0.5) is 0 Å². The van der Waals surface area contributed by atoms with E-state index in [9.17, 15) is 9.59 Å². The molecule has 5 nitrogen and oxygen atoms in total. The summed E-state index contributed by atoms with van der Waals surface area (Å²) < 4.78 is 5.84. The van der Waals surface area contributed by atoms with Gasteiger partial charge in [-0.2, -0.15) is 0 Å². The summed E-state index contributed by atoms with van der Waals surface area (Å²) in [5.41, 5.74) is 0.520. The molecule has 1 aromatic rings. The molecule has 0 aliphatic carbocycles. The van der Waals surface area contributed by atoms with Gasteiger partial charge in [0.25, 0.3) is 5.91 Å². The third kappa shape index (κ3) is 4.66. The van der Waals surface area contributed by atoms with E-state index in [1.54, 1.807) is 25.3 Å². The van der Waals surface area contributed by atoms with E-state index in [2.05, 4.69) is 27.9 Å². The van der Waals surface area contributed by atoms with Gasteiger partial charge >= 0.3 is 5.97 Å². The fraction of sp³-hybridized carbons (Fsp3) is 0.429. The van der Waals surface area contributed by atoms with Crippen LogP contribution < -0.4 is 10.1 Å². The standard InChI is InChI=1S/C14H18INO4/c1-3-4-9(14(18)19)8-16-13(17)11-6-5-10(20-2)7-12(11)15/h5-7,9H,3-4,8H2,1-2H3,(H,16,17)(H,18,19). The number of aliphatic carboxylic acids is 1. The van der Waals surface area contributed by atoms with Gasteiger partial charge in [-0.15, -0.1) is 0 Å². The lowest BCUT2D eigenvalue weighted by atomic mass is 10.0. The van der Waals surface area contributed by atoms with Crippen molar-refractivity contribution in [3.8, 4) is 5.75 Å². The fourth-order valence-electron chi connectivity index (χ4n) is 1.78. The number of nitrogens with one attached hydrogen (secondary N) is 1. The van der Waals surface area contributed by atoms with Gasteiger partial charge in [0.1, 0.15) is 5.75 Å². The molecule has 0 bridgehead atoms. The first kappa shape index (κ1) is 16.7. The smallest absolute Gasteiger partial charge is 0.308 e. The van der Waals surface area contributed by atoms with Crippen molar-refractivity contribution in [2.75, 3.05) is 13.7 Å². The van der Waals surface area contributed by atoms with Crippen molar-refractivity contribution in [1.82, 2.24) is 5.32 Å². The second-order valence-electron chi connectivity index (χ2n) is 4.38. The normalized spacial score (nSPS) is 11.8. The molecule has 0 saturated carbocycles. The van der Waals surface area contributed by atoms with E-state index in [-0.39, 0.29) is 12.5 Å². The number of rotatable bonds is 7. The largest absolute Gasteiger partial charge is 0.497 e. The van der Waals surface area contributed by atoms with E-state index in [4.69, 9.17) is 9.84 Å². The lowest BCUT2D eigenvalue weighted by Gasteiger charge is -2.13. The lowest BCUT2D eigenvalue weighted by Crippen LogP contribution is -2.33. The molecule has 20 heavy (non-hydrogen) atoms. The molecule has 0 aliphatic rings. The van der Waals surface area contributed by atoms with Gasteiger partial charge in [0.2, 0.25) is 0 Å². The van der Waals surface area contributed by atoms with Gasteiger partial charge in [-0.05, 0) is 47.2 Å². The van der Waals surface area contributed by atoms with Gasteiger partial charge in [0.15, 0.2) is 0 Å². The predicted molar refractivity (Wildman–Crippen MR) is 84.1 cm³/mol. The third-order valence-corrected chi connectivity index (χ3v) is 3.81. The number of carbonyl (C=O) groups is 2. The fourth-order valence-corrected chi connectivity index (χ4v) is 2.51. The summed E-state index contributed by atoms with van der Waals surface area (Å²) in [4.78, 5) is 23.1. The second-order valence-corrected chi connectivity index (χ2v) is 5.54. The monoisotopic (exact) mass is 391 g/mol. The van der Waals surface area contributed by atoms with Crippen LogP contribution in [0.25, 0.3) is 0 Å². The Hall–Kier alpha value is -1.31. The van der Waals surface area contributed by atoms with Crippen molar-refractivity contribution in [3.63, 3.8) is 0 Å². The first-order chi connectivity index (χ1) is 9.49. The van der Waals surface area contributed by atoms with Crippen LogP contribution in [0.15, 0.2) is 18.2 Å². The highest BCUT2D eigenvalue weighted by molar-refractivity contribution is 14.1. The molecule has 0 spiro atoms. The number of benzene rings is 1. The summed E-state index contributed by atoms with van der Waals surface area (Å²) in [6.07, 6.45) is 1.32. The summed E-state index contributed by atoms with van der Waals surface area (Å²) in [6, 6.07) is 5.14. The van der Waals surface area contributed by atoms with Crippen LogP contribution in [0.2, 0.25) is 0 Å². The number of carboxylic acids is 1. The van der Waals surface area contributed by atoms with E-state index < -0.39 is 11.9 Å². The zero-order chi connectivity index (χ0) is 15.1. The average molecular weight is 391 g/mol. The van der Waals surface area contributed by atoms with Gasteiger partial charge in [-0.25, -0.2) is 0 Å². The van der Waals surface area contributed by atoms with Crippen LogP contribution in [0.5, 0.6) is 5.75 Å². The van der Waals surface area contributed by atoms with E-state index in [0.29, 0.717) is 17.7 Å². The minimum absolute atomic E-state index is 0.143. The molecule has 110 valence electrons. The second kappa shape index (κ2) is 8.08. The number of carbonyl (C=O) groups excluding carboxylic acids is 1. The van der Waals surface area contributed by atoms with Gasteiger partial charge < -0.3 is 15.2 Å². The molecule has 0 heterocycles. The molecule has 1 amide bonds. The van der Waals surface area contributed by atoms with E-state index in [0.717, 1.165) is 9.99 Å². The van der Waals surface area contributed by atoms with Crippen molar-refractivity contribution < 1.29 is 19.4 Å². The number of carboxylic acid groups (broad SMARTS) is 1. The highest BCUT2D eigenvalue weighted by atomic mass is 127. The third-order valence-electron chi connectivity index (χ3n) is 2.92. The van der Waals surface area contributed by atoms with Crippen LogP contribution in [-0.4, -0.2) is 30.6 Å². The van der Waals surface area contributed by atoms with Crippen LogP contribution >= 0.6 is 22.6 Å². The SMILES string of the molecule is CCCC(CNC(=O)c1ccc(OC)cc1I)C(=O)O. The molecular weight excluding hydrogens is 373 g/mol. The van der Waals surface area contributed by atoms with Crippen LogP contribution in [-0.2, 0) is 4.79 Å². The number of amides is 1. The summed E-state index contributed by atoms with van der Waals surface area (Å²) in [7, 11) is 1.56. The van der Waals surface area contributed by atoms with Crippen LogP contribution in [0, 0.1) is 9.49 Å². The highest BCUT2D eigenvalue weighted by Crippen LogP contribution is 2.19. The van der Waals surface area contributed by atoms with Gasteiger partial charge in [0.05, 0.1) is 18.6 Å². The number of hydrogen-bond donors (Lipinski definition) is 2. The molecule has 0 saturated heterocycles. The average Bonchev–Trinajstić information content (AvgIpc) is 2.42. The molecule has 0 aliphatic heterocycles. The zero-order valence-corrected chi connectivity index (χ0v) is 13.6. The van der Waals surface area contributed by atoms with Crippen molar-refractivity contribution in [2.24, 2.45) is 5.92 Å². The van der Waals surface area contributed by atoms with Gasteiger partial charge in [0, 0.05) is 10.1 Å². The molecule has 1 rings (SSSR count). The maximum atomic E-state index is 12.0. The summed E-state index contributed by atoms with van der Waals surface area (Å²) >= 11 is 2.05. The number of hydrogen-bond acceptors (Lipinski definition) is 3. The molecule has 2 N–H and O–H groups in total. The maximum Gasteiger partial charge on any atom is 0.308 e. The van der Waals surface area contributed by atoms with E-state index in [1.165, 1.54) is 0 Å². The Morgan fingerprint density at radius 1 is 1.45 bits per heavy atom. The van der Waals surface area contributed by atoms with Gasteiger partial charge in [-0.3, -0.25) is 9.59 Å². The van der Waals surface area contributed by atoms with E-state index in [1.807, 2.05) is 6.92 Å². The van der Waals surface area contributed by atoms with E-state index >= 15 is 0 Å². The minimum atomic E-state index is -0.878. The predicted octanol–water partition coefficient (Wildman–Crippen LogP) is 2.53. The Kier molecular flexibility index (Phi) is 6.77. The van der Waals surface area contributed by atoms with Crippen LogP contribution in [0.3, 0.4) is 0 Å². The molecule has 1 atom stereocenters. The van der Waals surface area contributed by atoms with Crippen molar-refractivity contribution in [2.45, 2.75) is 19.8 Å². The van der Waals surface area contributed by atoms with Crippen molar-refractivity contribution in [1.29, 1.82) is 0 Å². The molecule has 1 aromatic carbocycles. The summed E-state index contributed by atoms with van der Waals surface area (Å²) in [5, 5.41) is 11.7. The molecular formula is C14H18INO4. The molecule has 1 unspecified atom stereocenters. The Morgan fingerprint density at radius 2 is 2.15 bits per heavy atom. The topological polar surface area (TPSA) is 75.6 Å². The maximum absolute atomic E-state index is 12.0. The summed E-state index contributed by atoms with van der Waals surface area (Å²) in [6.45, 7) is 2.06. The quantitative estimate of drug-likeness (QED) is 0.701. The number of ether oxygens (including phenoxy) is 1. The first-order valence-electron chi connectivity index (χ1n) is 6.34. The molecule has 0 aromatic heterocycles. The Bertz CT molecular complexity index is 490. The molecule has 0 fully saturated rings. The molecule has 0 radical (unpaired) electrons. The zero-order valence-electron chi connectivity index (χ0n) is 11.5. The van der Waals surface area contributed by atoms with Crippen LogP contribution in [0.1, 0.15) is 30.1 Å². The number of halogens is 1.